The number of benzene rings is 2. The van der Waals surface area contributed by atoms with Crippen molar-refractivity contribution in [3.05, 3.63) is 78.1 Å². The highest BCUT2D eigenvalue weighted by Crippen LogP contribution is 2.30. The van der Waals surface area contributed by atoms with Gasteiger partial charge in [0.15, 0.2) is 11.0 Å². The molecule has 0 aliphatic heterocycles. The zero-order chi connectivity index (χ0) is 24.8. The van der Waals surface area contributed by atoms with Crippen LogP contribution in [0.25, 0.3) is 17.1 Å². The van der Waals surface area contributed by atoms with Gasteiger partial charge in [0, 0.05) is 29.3 Å². The van der Waals surface area contributed by atoms with Crippen molar-refractivity contribution in [3.8, 4) is 22.8 Å². The molecule has 0 aliphatic rings. The van der Waals surface area contributed by atoms with E-state index in [1.807, 2.05) is 66.9 Å². The van der Waals surface area contributed by atoms with Crippen LogP contribution in [-0.2, 0) is 4.79 Å². The maximum Gasteiger partial charge on any atom is 0.234 e. The molecule has 0 aliphatic carbocycles. The van der Waals surface area contributed by atoms with Crippen molar-refractivity contribution in [2.75, 3.05) is 17.7 Å². The predicted molar refractivity (Wildman–Crippen MR) is 140 cm³/mol. The van der Waals surface area contributed by atoms with Gasteiger partial charge in [-0.1, -0.05) is 43.8 Å². The summed E-state index contributed by atoms with van der Waals surface area (Å²) in [5, 5.41) is 12.6. The summed E-state index contributed by atoms with van der Waals surface area (Å²) in [5.41, 5.74) is 4.77. The second-order valence-corrected chi connectivity index (χ2v) is 9.28. The first kappa shape index (κ1) is 24.5. The van der Waals surface area contributed by atoms with Crippen LogP contribution in [0.5, 0.6) is 5.75 Å². The summed E-state index contributed by atoms with van der Waals surface area (Å²) in [6, 6.07) is 17.6. The van der Waals surface area contributed by atoms with Gasteiger partial charge >= 0.3 is 0 Å². The molecule has 4 aromatic rings. The number of anilines is 1. The first-order valence-electron chi connectivity index (χ1n) is 11.6. The van der Waals surface area contributed by atoms with E-state index >= 15 is 0 Å². The van der Waals surface area contributed by atoms with Crippen LogP contribution < -0.4 is 10.1 Å². The largest absolute Gasteiger partial charge is 0.494 e. The molecule has 8 heteroatoms. The number of thioether (sulfide) groups is 1. The lowest BCUT2D eigenvalue weighted by Gasteiger charge is -2.16. The number of nitrogens with zero attached hydrogens (tertiary/aromatic N) is 4. The van der Waals surface area contributed by atoms with Crippen LogP contribution in [0.4, 0.5) is 5.69 Å². The quantitative estimate of drug-likeness (QED) is 0.297. The van der Waals surface area contributed by atoms with Crippen molar-refractivity contribution in [3.63, 3.8) is 0 Å². The topological polar surface area (TPSA) is 81.9 Å². The van der Waals surface area contributed by atoms with Crippen LogP contribution in [0.3, 0.4) is 0 Å². The van der Waals surface area contributed by atoms with Crippen molar-refractivity contribution in [2.45, 2.75) is 38.8 Å². The van der Waals surface area contributed by atoms with E-state index in [9.17, 15) is 4.79 Å². The average Bonchev–Trinajstić information content (AvgIpc) is 3.29. The van der Waals surface area contributed by atoms with Crippen LogP contribution >= 0.6 is 11.8 Å². The molecule has 1 amide bonds. The second-order valence-electron chi connectivity index (χ2n) is 8.34. The van der Waals surface area contributed by atoms with Gasteiger partial charge in [-0.2, -0.15) is 0 Å². The first-order valence-corrected chi connectivity index (χ1v) is 12.6. The number of nitrogens with one attached hydrogen (secondary N) is 1. The third kappa shape index (κ3) is 5.71. The number of hydrogen-bond acceptors (Lipinski definition) is 6. The predicted octanol–water partition coefficient (Wildman–Crippen LogP) is 5.89. The molecule has 0 saturated carbocycles. The molecule has 0 fully saturated rings. The summed E-state index contributed by atoms with van der Waals surface area (Å²) in [6.45, 7) is 8.81. The van der Waals surface area contributed by atoms with Gasteiger partial charge in [-0.15, -0.1) is 10.2 Å². The highest BCUT2D eigenvalue weighted by molar-refractivity contribution is 7.99. The summed E-state index contributed by atoms with van der Waals surface area (Å²) in [5.74, 6) is 1.87. The fourth-order valence-corrected chi connectivity index (χ4v) is 4.54. The highest BCUT2D eigenvalue weighted by atomic mass is 32.2. The van der Waals surface area contributed by atoms with Gasteiger partial charge in [0.1, 0.15) is 5.75 Å². The van der Waals surface area contributed by atoms with E-state index in [1.165, 1.54) is 11.8 Å². The number of rotatable bonds is 9. The summed E-state index contributed by atoms with van der Waals surface area (Å²) in [4.78, 5) is 17.2. The van der Waals surface area contributed by atoms with Crippen LogP contribution in [0.1, 0.15) is 37.8 Å². The summed E-state index contributed by atoms with van der Waals surface area (Å²) in [6.07, 6.45) is 3.47. The Morgan fingerprint density at radius 1 is 1.09 bits per heavy atom. The molecule has 2 heterocycles. The Kier molecular flexibility index (Phi) is 7.82. The molecule has 2 aromatic carbocycles. The minimum Gasteiger partial charge on any atom is -0.494 e. The Morgan fingerprint density at radius 2 is 1.89 bits per heavy atom. The van der Waals surface area contributed by atoms with Crippen molar-refractivity contribution in [1.82, 2.24) is 19.7 Å². The van der Waals surface area contributed by atoms with Crippen LogP contribution in [0, 0.1) is 6.92 Å². The number of carbonyl (C=O) groups is 1. The van der Waals surface area contributed by atoms with E-state index in [-0.39, 0.29) is 11.7 Å². The summed E-state index contributed by atoms with van der Waals surface area (Å²) in [7, 11) is 0. The Bertz CT molecular complexity index is 1290. The minimum absolute atomic E-state index is 0.0876. The van der Waals surface area contributed by atoms with E-state index in [2.05, 4.69) is 40.4 Å². The SMILES string of the molecule is CCOc1ccc(-n2c(SCC(=O)Nc3c(C)cccc3C(C)C)nnc2-c2cccnc2)cc1. The van der Waals surface area contributed by atoms with E-state index in [0.29, 0.717) is 23.5 Å². The maximum atomic E-state index is 12.9. The molecule has 4 rings (SSSR count). The smallest absolute Gasteiger partial charge is 0.234 e. The maximum absolute atomic E-state index is 12.9. The Morgan fingerprint density at radius 3 is 2.57 bits per heavy atom. The third-order valence-corrected chi connectivity index (χ3v) is 6.41. The molecule has 0 bridgehead atoms. The Hall–Kier alpha value is -3.65. The second kappa shape index (κ2) is 11.2. The molecule has 180 valence electrons. The number of aryl methyl sites for hydroxylation is 1. The van der Waals surface area contributed by atoms with E-state index in [4.69, 9.17) is 4.74 Å². The molecule has 2 aromatic heterocycles. The van der Waals surface area contributed by atoms with Crippen molar-refractivity contribution >= 4 is 23.4 Å². The number of aromatic nitrogens is 4. The number of carbonyl (C=O) groups excluding carboxylic acids is 1. The lowest BCUT2D eigenvalue weighted by molar-refractivity contribution is -0.113. The van der Waals surface area contributed by atoms with E-state index < -0.39 is 0 Å². The molecule has 7 nitrogen and oxygen atoms in total. The first-order chi connectivity index (χ1) is 17.0. The van der Waals surface area contributed by atoms with Crippen LogP contribution in [-0.4, -0.2) is 38.0 Å². The monoisotopic (exact) mass is 487 g/mol. The highest BCUT2D eigenvalue weighted by Gasteiger charge is 2.19. The zero-order valence-corrected chi connectivity index (χ0v) is 21.2. The molecule has 0 spiro atoms. The third-order valence-electron chi connectivity index (χ3n) is 5.48. The zero-order valence-electron chi connectivity index (χ0n) is 20.4. The van der Waals surface area contributed by atoms with Gasteiger partial charge in [0.2, 0.25) is 5.91 Å². The molecular weight excluding hydrogens is 458 g/mol. The summed E-state index contributed by atoms with van der Waals surface area (Å²) >= 11 is 1.34. The van der Waals surface area contributed by atoms with Crippen molar-refractivity contribution < 1.29 is 9.53 Å². The van der Waals surface area contributed by atoms with E-state index in [0.717, 1.165) is 33.8 Å². The lowest BCUT2D eigenvalue weighted by atomic mass is 9.98. The number of pyridine rings is 1. The fourth-order valence-electron chi connectivity index (χ4n) is 3.78. The van der Waals surface area contributed by atoms with Crippen LogP contribution in [0.15, 0.2) is 72.1 Å². The van der Waals surface area contributed by atoms with Gasteiger partial charge in [-0.25, -0.2) is 0 Å². The molecule has 0 saturated heterocycles. The Balaban J connectivity index is 1.60. The molecule has 35 heavy (non-hydrogen) atoms. The fraction of sp³-hybridized carbons (Fsp3) is 0.259. The van der Waals surface area contributed by atoms with Gasteiger partial charge in [0.05, 0.1) is 12.4 Å². The number of ether oxygens (including phenoxy) is 1. The normalized spacial score (nSPS) is 11.0. The van der Waals surface area contributed by atoms with Crippen molar-refractivity contribution in [2.24, 2.45) is 0 Å². The van der Waals surface area contributed by atoms with Gasteiger partial charge in [0.25, 0.3) is 0 Å². The van der Waals surface area contributed by atoms with Crippen LogP contribution in [0.2, 0.25) is 0 Å². The standard InChI is InChI=1S/C27H29N5O2S/c1-5-34-22-13-11-21(12-14-22)32-26(20-9-7-15-28-16-20)30-31-27(32)35-17-24(33)29-25-19(4)8-6-10-23(25)18(2)3/h6-16,18H,5,17H2,1-4H3,(H,29,33). The van der Waals surface area contributed by atoms with Gasteiger partial charge in [-0.05, 0) is 67.3 Å². The minimum atomic E-state index is -0.0876. The molecule has 1 N–H and O–H groups in total. The lowest BCUT2D eigenvalue weighted by Crippen LogP contribution is -2.17. The summed E-state index contributed by atoms with van der Waals surface area (Å²) < 4.78 is 7.53. The van der Waals surface area contributed by atoms with Crippen molar-refractivity contribution in [1.29, 1.82) is 0 Å². The Labute approximate surface area is 210 Å². The molecule has 0 atom stereocenters. The molecule has 0 radical (unpaired) electrons. The number of para-hydroxylation sites is 1. The average molecular weight is 488 g/mol. The van der Waals surface area contributed by atoms with Gasteiger partial charge < -0.3 is 10.1 Å². The van der Waals surface area contributed by atoms with E-state index in [1.54, 1.807) is 12.4 Å². The molecular formula is C27H29N5O2S. The van der Waals surface area contributed by atoms with Gasteiger partial charge in [-0.3, -0.25) is 14.3 Å². The molecule has 0 unspecified atom stereocenters. The number of amides is 1. The number of hydrogen-bond donors (Lipinski definition) is 1.